The Kier molecular flexibility index (Phi) is 8.96. The van der Waals surface area contributed by atoms with E-state index in [0.29, 0.717) is 31.0 Å². The van der Waals surface area contributed by atoms with Crippen LogP contribution in [0.3, 0.4) is 0 Å². The molecule has 2 heterocycles. The highest BCUT2D eigenvalue weighted by atomic mass is 19.1. The van der Waals surface area contributed by atoms with Gasteiger partial charge in [-0.2, -0.15) is 5.10 Å². The number of nitrogens with one attached hydrogen (secondary N) is 1. The number of ether oxygens (including phenoxy) is 1. The van der Waals surface area contributed by atoms with Crippen LogP contribution < -0.4 is 5.32 Å². The molecule has 0 saturated heterocycles. The standard InChI is InChI=1S/C33H34F3N5O2/c1-33(2,3)29(37-18-24-14-15-40(19-24)32(42)43-21-22-8-5-4-6-9-22)31-38-30(27-17-26(35)12-13-28(27)36)39-41(31)20-23-10-7-11-25(34)16-23/h4-14,16-17,29,37H,15,18-21H2,1-3H3/t29-/m0/s1. The number of carbonyl (C=O) groups is 1. The molecular weight excluding hydrogens is 555 g/mol. The monoisotopic (exact) mass is 589 g/mol. The minimum Gasteiger partial charge on any atom is -0.445 e. The minimum absolute atomic E-state index is 0.0341. The molecule has 10 heteroatoms. The molecule has 5 rings (SSSR count). The van der Waals surface area contributed by atoms with Gasteiger partial charge in [0.1, 0.15) is 29.9 Å². The van der Waals surface area contributed by atoms with E-state index in [4.69, 9.17) is 9.72 Å². The summed E-state index contributed by atoms with van der Waals surface area (Å²) in [4.78, 5) is 19.0. The second-order valence-electron chi connectivity index (χ2n) is 11.7. The summed E-state index contributed by atoms with van der Waals surface area (Å²) < 4.78 is 49.9. The maximum Gasteiger partial charge on any atom is 0.410 e. The van der Waals surface area contributed by atoms with E-state index >= 15 is 0 Å². The number of rotatable bonds is 9. The number of nitrogens with zero attached hydrogens (tertiary/aromatic N) is 4. The SMILES string of the molecule is CC(C)(C)[C@@H](NCC1=CCN(C(=O)OCc2ccccc2)C1)c1nc(-c2cc(F)ccc2F)nn1Cc1cccc(F)c1. The van der Waals surface area contributed by atoms with E-state index in [9.17, 15) is 18.0 Å². The molecular formula is C33H34F3N5O2. The Labute approximate surface area is 249 Å². The van der Waals surface area contributed by atoms with Crippen LogP contribution in [0.1, 0.15) is 43.8 Å². The van der Waals surface area contributed by atoms with Crippen LogP contribution in [0.15, 0.2) is 84.4 Å². The number of hydrogen-bond acceptors (Lipinski definition) is 5. The smallest absolute Gasteiger partial charge is 0.410 e. The van der Waals surface area contributed by atoms with Crippen molar-refractivity contribution in [2.75, 3.05) is 19.6 Å². The first-order valence-corrected chi connectivity index (χ1v) is 14.1. The second-order valence-corrected chi connectivity index (χ2v) is 11.7. The number of carbonyl (C=O) groups excluding carboxylic acids is 1. The molecule has 1 aliphatic heterocycles. The summed E-state index contributed by atoms with van der Waals surface area (Å²) in [5.41, 5.74) is 2.11. The summed E-state index contributed by atoms with van der Waals surface area (Å²) in [6.45, 7) is 7.76. The first-order valence-electron chi connectivity index (χ1n) is 14.1. The number of benzene rings is 3. The molecule has 0 aliphatic carbocycles. The predicted molar refractivity (Wildman–Crippen MR) is 157 cm³/mol. The van der Waals surface area contributed by atoms with Crippen molar-refractivity contribution in [2.45, 2.75) is 40.0 Å². The third-order valence-corrected chi connectivity index (χ3v) is 7.21. The molecule has 0 saturated carbocycles. The van der Waals surface area contributed by atoms with E-state index in [1.165, 1.54) is 12.1 Å². The minimum atomic E-state index is -0.647. The fraction of sp³-hybridized carbons (Fsp3) is 0.303. The third kappa shape index (κ3) is 7.50. The zero-order valence-corrected chi connectivity index (χ0v) is 24.4. The van der Waals surface area contributed by atoms with Gasteiger partial charge in [-0.1, -0.05) is 69.3 Å². The molecule has 0 radical (unpaired) electrons. The fourth-order valence-corrected chi connectivity index (χ4v) is 4.98. The van der Waals surface area contributed by atoms with Gasteiger partial charge in [0.15, 0.2) is 5.82 Å². The van der Waals surface area contributed by atoms with Gasteiger partial charge in [0.2, 0.25) is 0 Å². The Morgan fingerprint density at radius 3 is 2.47 bits per heavy atom. The summed E-state index contributed by atoms with van der Waals surface area (Å²) in [7, 11) is 0. The summed E-state index contributed by atoms with van der Waals surface area (Å²) in [5.74, 6) is -1.11. The van der Waals surface area contributed by atoms with Crippen LogP contribution in [0.2, 0.25) is 0 Å². The molecule has 1 aromatic heterocycles. The zero-order valence-electron chi connectivity index (χ0n) is 24.4. The maximum atomic E-state index is 14.7. The first kappa shape index (κ1) is 30.0. The van der Waals surface area contributed by atoms with E-state index in [-0.39, 0.29) is 42.5 Å². The molecule has 0 bridgehead atoms. The molecule has 0 fully saturated rings. The Morgan fingerprint density at radius 1 is 0.977 bits per heavy atom. The lowest BCUT2D eigenvalue weighted by molar-refractivity contribution is 0.105. The molecule has 7 nitrogen and oxygen atoms in total. The van der Waals surface area contributed by atoms with Crippen LogP contribution in [0.25, 0.3) is 11.4 Å². The van der Waals surface area contributed by atoms with Gasteiger partial charge in [0.25, 0.3) is 0 Å². The Morgan fingerprint density at radius 2 is 1.72 bits per heavy atom. The highest BCUT2D eigenvalue weighted by molar-refractivity contribution is 5.69. The third-order valence-electron chi connectivity index (χ3n) is 7.21. The summed E-state index contributed by atoms with van der Waals surface area (Å²) in [5, 5.41) is 8.11. The van der Waals surface area contributed by atoms with Gasteiger partial charge in [0, 0.05) is 19.6 Å². The molecule has 1 aliphatic rings. The molecule has 224 valence electrons. The van der Waals surface area contributed by atoms with Crippen LogP contribution in [-0.4, -0.2) is 45.4 Å². The van der Waals surface area contributed by atoms with Crippen molar-refractivity contribution in [3.63, 3.8) is 0 Å². The Bertz CT molecular complexity index is 1610. The number of halogens is 3. The summed E-state index contributed by atoms with van der Waals surface area (Å²) in [6.07, 6.45) is 1.60. The molecule has 0 unspecified atom stereocenters. The van der Waals surface area contributed by atoms with E-state index in [0.717, 1.165) is 29.3 Å². The zero-order chi connectivity index (χ0) is 30.6. The van der Waals surface area contributed by atoms with Gasteiger partial charge in [-0.05, 0) is 52.4 Å². The van der Waals surface area contributed by atoms with Crippen molar-refractivity contribution in [3.8, 4) is 11.4 Å². The molecule has 1 atom stereocenters. The van der Waals surface area contributed by atoms with Crippen molar-refractivity contribution in [1.29, 1.82) is 0 Å². The summed E-state index contributed by atoms with van der Waals surface area (Å²) in [6, 6.07) is 18.4. The maximum absolute atomic E-state index is 14.7. The fourth-order valence-electron chi connectivity index (χ4n) is 4.98. The number of aromatic nitrogens is 3. The van der Waals surface area contributed by atoms with Crippen molar-refractivity contribution in [1.82, 2.24) is 25.0 Å². The van der Waals surface area contributed by atoms with Gasteiger partial charge >= 0.3 is 6.09 Å². The summed E-state index contributed by atoms with van der Waals surface area (Å²) >= 11 is 0. The van der Waals surface area contributed by atoms with Crippen LogP contribution in [0.4, 0.5) is 18.0 Å². The lowest BCUT2D eigenvalue weighted by Gasteiger charge is -2.31. The molecule has 4 aromatic rings. The molecule has 0 spiro atoms. The van der Waals surface area contributed by atoms with Crippen molar-refractivity contribution >= 4 is 6.09 Å². The lowest BCUT2D eigenvalue weighted by atomic mass is 9.86. The van der Waals surface area contributed by atoms with Crippen LogP contribution in [0, 0.1) is 22.9 Å². The largest absolute Gasteiger partial charge is 0.445 e. The highest BCUT2D eigenvalue weighted by Gasteiger charge is 2.32. The normalized spacial score (nSPS) is 14.1. The van der Waals surface area contributed by atoms with Gasteiger partial charge in [0.05, 0.1) is 18.2 Å². The van der Waals surface area contributed by atoms with Crippen molar-refractivity contribution < 1.29 is 22.7 Å². The van der Waals surface area contributed by atoms with Crippen molar-refractivity contribution in [3.05, 3.63) is 119 Å². The quantitative estimate of drug-likeness (QED) is 0.221. The highest BCUT2D eigenvalue weighted by Crippen LogP contribution is 2.34. The average Bonchev–Trinajstić information content (AvgIpc) is 3.61. The molecule has 1 amide bonds. The van der Waals surface area contributed by atoms with Crippen LogP contribution in [0.5, 0.6) is 0 Å². The van der Waals surface area contributed by atoms with Gasteiger partial charge in [-0.3, -0.25) is 0 Å². The first-order chi connectivity index (χ1) is 20.6. The van der Waals surface area contributed by atoms with Crippen LogP contribution >= 0.6 is 0 Å². The molecule has 3 aromatic carbocycles. The van der Waals surface area contributed by atoms with E-state index in [1.54, 1.807) is 21.7 Å². The molecule has 43 heavy (non-hydrogen) atoms. The number of hydrogen-bond donors (Lipinski definition) is 1. The average molecular weight is 590 g/mol. The lowest BCUT2D eigenvalue weighted by Crippen LogP contribution is -2.37. The van der Waals surface area contributed by atoms with E-state index in [1.807, 2.05) is 57.2 Å². The van der Waals surface area contributed by atoms with E-state index < -0.39 is 17.0 Å². The van der Waals surface area contributed by atoms with Crippen LogP contribution in [-0.2, 0) is 17.9 Å². The van der Waals surface area contributed by atoms with Gasteiger partial charge in [-0.25, -0.2) is 27.6 Å². The van der Waals surface area contributed by atoms with E-state index in [2.05, 4.69) is 10.4 Å². The molecule has 1 N–H and O–H groups in total. The Balaban J connectivity index is 1.35. The topological polar surface area (TPSA) is 72.3 Å². The predicted octanol–water partition coefficient (Wildman–Crippen LogP) is 6.67. The Hall–Kier alpha value is -4.44. The second kappa shape index (κ2) is 12.8. The van der Waals surface area contributed by atoms with Crippen molar-refractivity contribution in [2.24, 2.45) is 5.41 Å². The van der Waals surface area contributed by atoms with Gasteiger partial charge in [-0.15, -0.1) is 0 Å². The van der Waals surface area contributed by atoms with Gasteiger partial charge < -0.3 is 15.0 Å². The number of amides is 1.